The molecule has 0 bridgehead atoms. The lowest BCUT2D eigenvalue weighted by molar-refractivity contribution is -0.0193. The van der Waals surface area contributed by atoms with E-state index in [1.807, 2.05) is 6.92 Å². The van der Waals surface area contributed by atoms with Crippen LogP contribution in [0.2, 0.25) is 0 Å². The summed E-state index contributed by atoms with van der Waals surface area (Å²) in [5, 5.41) is 0. The normalized spacial score (nSPS) is 13.6. The van der Waals surface area contributed by atoms with E-state index >= 15 is 0 Å². The van der Waals surface area contributed by atoms with Gasteiger partial charge in [0.05, 0.1) is 0 Å². The fraction of sp³-hybridized carbons (Fsp3) is 0.769. The molecule has 0 fully saturated rings. The SMILES string of the molecule is CCCc1nc(N)nc(C(OCC)C(C)(C)C)n1. The molecule has 0 aromatic carbocycles. The van der Waals surface area contributed by atoms with E-state index in [2.05, 4.69) is 42.6 Å². The number of nitrogen functional groups attached to an aromatic ring is 1. The molecule has 0 aliphatic carbocycles. The van der Waals surface area contributed by atoms with Crippen LogP contribution in [-0.4, -0.2) is 21.6 Å². The Morgan fingerprint density at radius 2 is 1.83 bits per heavy atom. The van der Waals surface area contributed by atoms with Gasteiger partial charge in [-0.1, -0.05) is 27.7 Å². The molecular formula is C13H24N4O. The van der Waals surface area contributed by atoms with Gasteiger partial charge in [-0.3, -0.25) is 0 Å². The van der Waals surface area contributed by atoms with Crippen molar-refractivity contribution in [1.82, 2.24) is 15.0 Å². The Bertz CT molecular complexity index is 387. The van der Waals surface area contributed by atoms with Gasteiger partial charge in [0, 0.05) is 13.0 Å². The molecule has 1 heterocycles. The lowest BCUT2D eigenvalue weighted by atomic mass is 9.88. The third-order valence-corrected chi connectivity index (χ3v) is 2.54. The second-order valence-electron chi connectivity index (χ2n) is 5.42. The highest BCUT2D eigenvalue weighted by Gasteiger charge is 2.30. The standard InChI is InChI=1S/C13H24N4O/c1-6-8-9-15-11(17-12(14)16-9)10(18-7-2)13(3,4)5/h10H,6-8H2,1-5H3,(H2,14,15,16,17). The van der Waals surface area contributed by atoms with Crippen molar-refractivity contribution in [2.24, 2.45) is 5.41 Å². The zero-order valence-corrected chi connectivity index (χ0v) is 12.0. The van der Waals surface area contributed by atoms with E-state index in [1.165, 1.54) is 0 Å². The Hall–Kier alpha value is -1.23. The summed E-state index contributed by atoms with van der Waals surface area (Å²) in [5.41, 5.74) is 5.67. The van der Waals surface area contributed by atoms with Crippen LogP contribution in [0.4, 0.5) is 5.95 Å². The number of hydrogen-bond donors (Lipinski definition) is 1. The smallest absolute Gasteiger partial charge is 0.223 e. The van der Waals surface area contributed by atoms with Gasteiger partial charge in [0.15, 0.2) is 5.82 Å². The van der Waals surface area contributed by atoms with Crippen LogP contribution in [0.3, 0.4) is 0 Å². The zero-order valence-electron chi connectivity index (χ0n) is 12.0. The van der Waals surface area contributed by atoms with E-state index in [1.54, 1.807) is 0 Å². The molecule has 0 radical (unpaired) electrons. The van der Waals surface area contributed by atoms with Crippen molar-refractivity contribution in [3.05, 3.63) is 11.6 Å². The molecule has 0 aliphatic rings. The van der Waals surface area contributed by atoms with Crippen LogP contribution in [-0.2, 0) is 11.2 Å². The van der Waals surface area contributed by atoms with Crippen LogP contribution in [0.25, 0.3) is 0 Å². The van der Waals surface area contributed by atoms with Gasteiger partial charge >= 0.3 is 0 Å². The summed E-state index contributed by atoms with van der Waals surface area (Å²) < 4.78 is 5.77. The number of hydrogen-bond acceptors (Lipinski definition) is 5. The molecule has 0 saturated heterocycles. The van der Waals surface area contributed by atoms with Crippen molar-refractivity contribution >= 4 is 5.95 Å². The Morgan fingerprint density at radius 3 is 2.33 bits per heavy atom. The van der Waals surface area contributed by atoms with Gasteiger partial charge in [0.2, 0.25) is 5.95 Å². The Balaban J connectivity index is 3.11. The van der Waals surface area contributed by atoms with Crippen LogP contribution in [0.1, 0.15) is 58.8 Å². The van der Waals surface area contributed by atoms with Gasteiger partial charge < -0.3 is 10.5 Å². The molecule has 0 amide bonds. The maximum Gasteiger partial charge on any atom is 0.223 e. The van der Waals surface area contributed by atoms with E-state index in [0.717, 1.165) is 18.7 Å². The number of anilines is 1. The Kier molecular flexibility index (Phi) is 5.02. The van der Waals surface area contributed by atoms with Gasteiger partial charge in [-0.2, -0.15) is 9.97 Å². The number of nitrogens with zero attached hydrogens (tertiary/aromatic N) is 3. The van der Waals surface area contributed by atoms with Gasteiger partial charge in [0.25, 0.3) is 0 Å². The molecule has 102 valence electrons. The van der Waals surface area contributed by atoms with Crippen molar-refractivity contribution in [1.29, 1.82) is 0 Å². The number of nitrogens with two attached hydrogens (primary N) is 1. The van der Waals surface area contributed by atoms with Crippen LogP contribution in [0, 0.1) is 5.41 Å². The summed E-state index contributed by atoms with van der Waals surface area (Å²) in [7, 11) is 0. The minimum absolute atomic E-state index is 0.0761. The van der Waals surface area contributed by atoms with E-state index in [0.29, 0.717) is 12.4 Å². The van der Waals surface area contributed by atoms with Crippen LogP contribution in [0.5, 0.6) is 0 Å². The third kappa shape index (κ3) is 3.91. The molecule has 0 aliphatic heterocycles. The molecule has 0 spiro atoms. The van der Waals surface area contributed by atoms with E-state index in [4.69, 9.17) is 10.5 Å². The van der Waals surface area contributed by atoms with Gasteiger partial charge in [0.1, 0.15) is 11.9 Å². The fourth-order valence-electron chi connectivity index (χ4n) is 1.79. The molecule has 1 atom stereocenters. The fourth-order valence-corrected chi connectivity index (χ4v) is 1.79. The van der Waals surface area contributed by atoms with Crippen molar-refractivity contribution in [2.75, 3.05) is 12.3 Å². The maximum absolute atomic E-state index is 5.77. The molecule has 1 aromatic heterocycles. The van der Waals surface area contributed by atoms with Crippen molar-refractivity contribution in [3.8, 4) is 0 Å². The minimum Gasteiger partial charge on any atom is -0.370 e. The van der Waals surface area contributed by atoms with Crippen molar-refractivity contribution in [2.45, 2.75) is 53.6 Å². The second kappa shape index (κ2) is 6.09. The summed E-state index contributed by atoms with van der Waals surface area (Å²) in [6, 6.07) is 0. The first kappa shape index (κ1) is 14.8. The number of aryl methyl sites for hydroxylation is 1. The molecule has 18 heavy (non-hydrogen) atoms. The molecule has 1 aromatic rings. The topological polar surface area (TPSA) is 73.9 Å². The van der Waals surface area contributed by atoms with Gasteiger partial charge in [-0.05, 0) is 18.8 Å². The summed E-state index contributed by atoms with van der Waals surface area (Å²) in [5.74, 6) is 1.66. The second-order valence-corrected chi connectivity index (χ2v) is 5.42. The highest BCUT2D eigenvalue weighted by atomic mass is 16.5. The molecule has 1 unspecified atom stereocenters. The van der Waals surface area contributed by atoms with Crippen molar-refractivity contribution in [3.63, 3.8) is 0 Å². The van der Waals surface area contributed by atoms with E-state index < -0.39 is 0 Å². The van der Waals surface area contributed by atoms with E-state index in [-0.39, 0.29) is 17.5 Å². The molecular weight excluding hydrogens is 228 g/mol. The number of ether oxygens (including phenoxy) is 1. The summed E-state index contributed by atoms with van der Waals surface area (Å²) in [6.45, 7) is 11.0. The van der Waals surface area contributed by atoms with Gasteiger partial charge in [-0.15, -0.1) is 0 Å². The van der Waals surface area contributed by atoms with Gasteiger partial charge in [-0.25, -0.2) is 4.98 Å². The lowest BCUT2D eigenvalue weighted by Gasteiger charge is -2.29. The lowest BCUT2D eigenvalue weighted by Crippen LogP contribution is -2.25. The molecule has 1 rings (SSSR count). The molecule has 2 N–H and O–H groups in total. The van der Waals surface area contributed by atoms with E-state index in [9.17, 15) is 0 Å². The average Bonchev–Trinajstić information content (AvgIpc) is 2.23. The number of rotatable bonds is 5. The monoisotopic (exact) mass is 252 g/mol. The summed E-state index contributed by atoms with van der Waals surface area (Å²) >= 11 is 0. The molecule has 0 saturated carbocycles. The Labute approximate surface area is 109 Å². The maximum atomic E-state index is 5.77. The van der Waals surface area contributed by atoms with Crippen molar-refractivity contribution < 1.29 is 4.74 Å². The number of aromatic nitrogens is 3. The third-order valence-electron chi connectivity index (χ3n) is 2.54. The first-order valence-corrected chi connectivity index (χ1v) is 6.50. The predicted molar refractivity (Wildman–Crippen MR) is 72.1 cm³/mol. The molecule has 5 heteroatoms. The summed E-state index contributed by atoms with van der Waals surface area (Å²) in [6.07, 6.45) is 1.63. The molecule has 5 nitrogen and oxygen atoms in total. The van der Waals surface area contributed by atoms with Crippen LogP contribution < -0.4 is 5.73 Å². The Morgan fingerprint density at radius 1 is 1.17 bits per heavy atom. The summed E-state index contributed by atoms with van der Waals surface area (Å²) in [4.78, 5) is 12.9. The first-order chi connectivity index (χ1) is 8.38. The first-order valence-electron chi connectivity index (χ1n) is 6.50. The average molecular weight is 252 g/mol. The van der Waals surface area contributed by atoms with Crippen LogP contribution >= 0.6 is 0 Å². The highest BCUT2D eigenvalue weighted by molar-refractivity contribution is 5.17. The largest absolute Gasteiger partial charge is 0.370 e. The quantitative estimate of drug-likeness (QED) is 0.871. The minimum atomic E-state index is -0.164. The zero-order chi connectivity index (χ0) is 13.8. The predicted octanol–water partition coefficient (Wildman–Crippen LogP) is 2.53. The highest BCUT2D eigenvalue weighted by Crippen LogP contribution is 2.34. The van der Waals surface area contributed by atoms with Crippen LogP contribution in [0.15, 0.2) is 0 Å².